The number of morpholine rings is 1. The largest absolute Gasteiger partial charge is 0.379 e. The van der Waals surface area contributed by atoms with E-state index in [1.807, 2.05) is 13.8 Å². The highest BCUT2D eigenvalue weighted by Crippen LogP contribution is 1.94. The van der Waals surface area contributed by atoms with Gasteiger partial charge in [-0.1, -0.05) is 26.7 Å². The van der Waals surface area contributed by atoms with Crippen molar-refractivity contribution in [3.8, 4) is 11.8 Å². The van der Waals surface area contributed by atoms with E-state index in [9.17, 15) is 4.79 Å². The number of amides is 1. The molecule has 0 aromatic heterocycles. The molecular formula is C14H26N2O2. The molecule has 1 amide bonds. The van der Waals surface area contributed by atoms with Gasteiger partial charge in [0.05, 0.1) is 19.8 Å². The molecule has 1 aliphatic rings. The normalized spacial score (nSPS) is 15.2. The van der Waals surface area contributed by atoms with E-state index in [1.165, 1.54) is 0 Å². The number of carbonyl (C=O) groups is 1. The van der Waals surface area contributed by atoms with Gasteiger partial charge in [-0.25, -0.2) is 0 Å². The van der Waals surface area contributed by atoms with E-state index < -0.39 is 0 Å². The number of rotatable bonds is 2. The van der Waals surface area contributed by atoms with Gasteiger partial charge in [0.1, 0.15) is 0 Å². The van der Waals surface area contributed by atoms with Crippen LogP contribution in [0.4, 0.5) is 0 Å². The third-order valence-electron chi connectivity index (χ3n) is 2.48. The molecule has 1 N–H and O–H groups in total. The van der Waals surface area contributed by atoms with Gasteiger partial charge in [0, 0.05) is 32.5 Å². The Hall–Kier alpha value is -1.05. The second-order valence-electron chi connectivity index (χ2n) is 4.36. The van der Waals surface area contributed by atoms with Crippen molar-refractivity contribution in [2.45, 2.75) is 27.2 Å². The Labute approximate surface area is 111 Å². The van der Waals surface area contributed by atoms with Gasteiger partial charge in [-0.2, -0.15) is 0 Å². The summed E-state index contributed by atoms with van der Waals surface area (Å²) in [6, 6.07) is 0. The fourth-order valence-electron chi connectivity index (χ4n) is 1.34. The van der Waals surface area contributed by atoms with Crippen molar-refractivity contribution < 1.29 is 9.53 Å². The molecule has 0 aromatic carbocycles. The fraction of sp³-hybridized carbons (Fsp3) is 0.786. The standard InChI is InChI=1S/C9H15NO.C5H11NO/c1-2-3-4-5-10-6-8-11-9-7-10;1-4(2)5(7)6-3/h2,5-9H2,1H3;4H,1-3H3,(H,6,7). The molecule has 4 nitrogen and oxygen atoms in total. The summed E-state index contributed by atoms with van der Waals surface area (Å²) in [5.74, 6) is 6.40. The van der Waals surface area contributed by atoms with Crippen molar-refractivity contribution >= 4 is 5.91 Å². The van der Waals surface area contributed by atoms with E-state index in [2.05, 4.69) is 29.0 Å². The SMILES string of the molecule is CCC#CCN1CCOCC1.CNC(=O)C(C)C. The summed E-state index contributed by atoms with van der Waals surface area (Å²) in [5, 5.41) is 2.53. The maximum atomic E-state index is 10.4. The molecule has 1 heterocycles. The lowest BCUT2D eigenvalue weighted by Crippen LogP contribution is -2.36. The molecule has 1 saturated heterocycles. The summed E-state index contributed by atoms with van der Waals surface area (Å²) in [6.07, 6.45) is 0.963. The van der Waals surface area contributed by atoms with Gasteiger partial charge in [-0.3, -0.25) is 9.69 Å². The van der Waals surface area contributed by atoms with Crippen molar-refractivity contribution in [1.29, 1.82) is 0 Å². The monoisotopic (exact) mass is 254 g/mol. The minimum Gasteiger partial charge on any atom is -0.379 e. The highest BCUT2D eigenvalue weighted by molar-refractivity contribution is 5.77. The Balaban J connectivity index is 0.000000360. The first-order chi connectivity index (χ1) is 8.61. The van der Waals surface area contributed by atoms with Gasteiger partial charge >= 0.3 is 0 Å². The zero-order valence-corrected chi connectivity index (χ0v) is 12.1. The van der Waals surface area contributed by atoms with E-state index in [0.717, 1.165) is 39.3 Å². The van der Waals surface area contributed by atoms with Crippen LogP contribution >= 0.6 is 0 Å². The quantitative estimate of drug-likeness (QED) is 0.751. The summed E-state index contributed by atoms with van der Waals surface area (Å²) >= 11 is 0. The summed E-state index contributed by atoms with van der Waals surface area (Å²) in [4.78, 5) is 12.7. The van der Waals surface area contributed by atoms with Crippen LogP contribution < -0.4 is 5.32 Å². The molecule has 104 valence electrons. The lowest BCUT2D eigenvalue weighted by atomic mass is 10.2. The van der Waals surface area contributed by atoms with Crippen molar-refractivity contribution in [3.63, 3.8) is 0 Å². The Morgan fingerprint density at radius 2 is 1.94 bits per heavy atom. The number of hydrogen-bond acceptors (Lipinski definition) is 3. The first-order valence-corrected chi connectivity index (χ1v) is 6.59. The Morgan fingerprint density at radius 1 is 1.33 bits per heavy atom. The minimum atomic E-state index is 0.0972. The van der Waals surface area contributed by atoms with Crippen LogP contribution in [0, 0.1) is 17.8 Å². The first-order valence-electron chi connectivity index (χ1n) is 6.59. The average molecular weight is 254 g/mol. The molecule has 0 unspecified atom stereocenters. The lowest BCUT2D eigenvalue weighted by molar-refractivity contribution is -0.123. The Bertz CT molecular complexity index is 273. The van der Waals surface area contributed by atoms with E-state index in [1.54, 1.807) is 7.05 Å². The van der Waals surface area contributed by atoms with Gasteiger partial charge in [-0.15, -0.1) is 5.92 Å². The smallest absolute Gasteiger partial charge is 0.222 e. The molecule has 0 saturated carbocycles. The number of nitrogens with one attached hydrogen (secondary N) is 1. The third kappa shape index (κ3) is 9.03. The Kier molecular flexibility index (Phi) is 10.4. The van der Waals surface area contributed by atoms with Crippen LogP contribution in [0.3, 0.4) is 0 Å². The number of hydrogen-bond donors (Lipinski definition) is 1. The third-order valence-corrected chi connectivity index (χ3v) is 2.48. The first kappa shape index (κ1) is 16.9. The molecule has 0 radical (unpaired) electrons. The molecule has 1 fully saturated rings. The van der Waals surface area contributed by atoms with Crippen LogP contribution in [0.1, 0.15) is 27.2 Å². The topological polar surface area (TPSA) is 41.6 Å². The van der Waals surface area contributed by atoms with Gasteiger partial charge in [0.2, 0.25) is 5.91 Å². The van der Waals surface area contributed by atoms with Gasteiger partial charge in [0.15, 0.2) is 0 Å². The molecule has 0 spiro atoms. The molecule has 0 aromatic rings. The molecular weight excluding hydrogens is 228 g/mol. The van der Waals surface area contributed by atoms with E-state index in [-0.39, 0.29) is 11.8 Å². The average Bonchev–Trinajstić information content (AvgIpc) is 2.40. The zero-order chi connectivity index (χ0) is 13.8. The number of ether oxygens (including phenoxy) is 1. The fourth-order valence-corrected chi connectivity index (χ4v) is 1.34. The van der Waals surface area contributed by atoms with Crippen LogP contribution in [0.15, 0.2) is 0 Å². The number of carbonyl (C=O) groups excluding carboxylic acids is 1. The van der Waals surface area contributed by atoms with E-state index in [4.69, 9.17) is 4.74 Å². The summed E-state index contributed by atoms with van der Waals surface area (Å²) in [6.45, 7) is 10.5. The highest BCUT2D eigenvalue weighted by atomic mass is 16.5. The second-order valence-corrected chi connectivity index (χ2v) is 4.36. The molecule has 1 aliphatic heterocycles. The van der Waals surface area contributed by atoms with Crippen LogP contribution in [-0.2, 0) is 9.53 Å². The molecule has 0 atom stereocenters. The molecule has 1 rings (SSSR count). The van der Waals surface area contributed by atoms with E-state index in [0.29, 0.717) is 0 Å². The van der Waals surface area contributed by atoms with Gasteiger partial charge in [-0.05, 0) is 0 Å². The lowest BCUT2D eigenvalue weighted by Gasteiger charge is -2.24. The van der Waals surface area contributed by atoms with Crippen LogP contribution in [-0.4, -0.2) is 50.7 Å². The zero-order valence-electron chi connectivity index (χ0n) is 12.1. The van der Waals surface area contributed by atoms with Crippen LogP contribution in [0.5, 0.6) is 0 Å². The summed E-state index contributed by atoms with van der Waals surface area (Å²) in [5.41, 5.74) is 0. The molecule has 0 aliphatic carbocycles. The van der Waals surface area contributed by atoms with Gasteiger partial charge in [0.25, 0.3) is 0 Å². The van der Waals surface area contributed by atoms with Gasteiger partial charge < -0.3 is 10.1 Å². The maximum Gasteiger partial charge on any atom is 0.222 e. The van der Waals surface area contributed by atoms with Crippen LogP contribution in [0.25, 0.3) is 0 Å². The summed E-state index contributed by atoms with van der Waals surface area (Å²) < 4.78 is 5.22. The van der Waals surface area contributed by atoms with Crippen molar-refractivity contribution in [2.24, 2.45) is 5.92 Å². The molecule has 18 heavy (non-hydrogen) atoms. The Morgan fingerprint density at radius 3 is 2.33 bits per heavy atom. The van der Waals surface area contributed by atoms with Crippen molar-refractivity contribution in [3.05, 3.63) is 0 Å². The second kappa shape index (κ2) is 11.1. The van der Waals surface area contributed by atoms with E-state index >= 15 is 0 Å². The highest BCUT2D eigenvalue weighted by Gasteiger charge is 2.07. The molecule has 0 bridgehead atoms. The number of nitrogens with zero attached hydrogens (tertiary/aromatic N) is 1. The maximum absolute atomic E-state index is 10.4. The van der Waals surface area contributed by atoms with Crippen molar-refractivity contribution in [2.75, 3.05) is 39.9 Å². The minimum absolute atomic E-state index is 0.0972. The molecule has 4 heteroatoms. The predicted molar refractivity (Wildman–Crippen MR) is 74.2 cm³/mol. The van der Waals surface area contributed by atoms with Crippen LogP contribution in [0.2, 0.25) is 0 Å². The van der Waals surface area contributed by atoms with Crippen molar-refractivity contribution in [1.82, 2.24) is 10.2 Å². The predicted octanol–water partition coefficient (Wildman–Crippen LogP) is 1.12. The summed E-state index contributed by atoms with van der Waals surface area (Å²) in [7, 11) is 1.64.